The number of ether oxygens (including phenoxy) is 1. The van der Waals surface area contributed by atoms with E-state index in [9.17, 15) is 14.4 Å². The number of carbonyl (C=O) groups excluding carboxylic acids is 3. The molecule has 9 nitrogen and oxygen atoms in total. The van der Waals surface area contributed by atoms with E-state index in [4.69, 9.17) is 9.73 Å². The van der Waals surface area contributed by atoms with Crippen LogP contribution in [0.15, 0.2) is 82.8 Å². The molecule has 0 saturated carbocycles. The van der Waals surface area contributed by atoms with Gasteiger partial charge in [-0.2, -0.15) is 0 Å². The number of benzene rings is 3. The Bertz CT molecular complexity index is 1550. The molecule has 0 radical (unpaired) electrons. The molecule has 0 saturated heterocycles. The molecular weight excluding hydrogens is 550 g/mol. The number of hydrogen-bond donors (Lipinski definition) is 2. The zero-order chi connectivity index (χ0) is 29.6. The molecule has 0 bridgehead atoms. The Morgan fingerprint density at radius 3 is 2.50 bits per heavy atom. The lowest BCUT2D eigenvalue weighted by atomic mass is 10.1. The summed E-state index contributed by atoms with van der Waals surface area (Å²) in [4.78, 5) is 50.7. The SMILES string of the molecule is CCc1ccc(NC(=O)[C@@H](CC)SC2=Nc3ccccc3C3=N[C@@H](CC(=O)NCc4ccccc4OC)C(=O)N23)cc1. The van der Waals surface area contributed by atoms with Gasteiger partial charge in [-0.3, -0.25) is 19.4 Å². The van der Waals surface area contributed by atoms with E-state index in [-0.39, 0.29) is 30.7 Å². The van der Waals surface area contributed by atoms with Crippen molar-refractivity contribution in [1.29, 1.82) is 0 Å². The van der Waals surface area contributed by atoms with Gasteiger partial charge in [0.25, 0.3) is 5.91 Å². The molecule has 2 aliphatic heterocycles. The van der Waals surface area contributed by atoms with Crippen molar-refractivity contribution in [3.63, 3.8) is 0 Å². The van der Waals surface area contributed by atoms with Crippen LogP contribution >= 0.6 is 11.8 Å². The van der Waals surface area contributed by atoms with Crippen molar-refractivity contribution in [1.82, 2.24) is 10.2 Å². The number of methoxy groups -OCH3 is 1. The highest BCUT2D eigenvalue weighted by Crippen LogP contribution is 2.36. The van der Waals surface area contributed by atoms with Crippen LogP contribution in [0.5, 0.6) is 5.75 Å². The molecule has 0 aliphatic carbocycles. The maximum Gasteiger partial charge on any atom is 0.259 e. The van der Waals surface area contributed by atoms with Crippen molar-refractivity contribution in [2.45, 2.75) is 50.9 Å². The summed E-state index contributed by atoms with van der Waals surface area (Å²) < 4.78 is 5.36. The summed E-state index contributed by atoms with van der Waals surface area (Å²) >= 11 is 1.22. The van der Waals surface area contributed by atoms with Crippen LogP contribution < -0.4 is 15.4 Å². The Hall–Kier alpha value is -4.44. The van der Waals surface area contributed by atoms with Crippen LogP contribution in [0, 0.1) is 0 Å². The number of hydrogen-bond acceptors (Lipinski definition) is 7. The van der Waals surface area contributed by atoms with Gasteiger partial charge in [-0.05, 0) is 48.7 Å². The summed E-state index contributed by atoms with van der Waals surface area (Å²) in [7, 11) is 1.58. The molecule has 0 fully saturated rings. The minimum atomic E-state index is -0.902. The second-order valence-electron chi connectivity index (χ2n) is 9.90. The van der Waals surface area contributed by atoms with Gasteiger partial charge < -0.3 is 15.4 Å². The molecule has 10 heteroatoms. The molecule has 0 unspecified atom stereocenters. The molecule has 216 valence electrons. The molecular formula is C32H33N5O4S. The number of nitrogens with zero attached hydrogens (tertiary/aromatic N) is 3. The maximum absolute atomic E-state index is 13.7. The van der Waals surface area contributed by atoms with Gasteiger partial charge in [0.2, 0.25) is 11.8 Å². The zero-order valence-electron chi connectivity index (χ0n) is 23.8. The van der Waals surface area contributed by atoms with Gasteiger partial charge in [0.15, 0.2) is 5.17 Å². The number of anilines is 1. The summed E-state index contributed by atoms with van der Waals surface area (Å²) in [5.74, 6) is 0.298. The van der Waals surface area contributed by atoms with E-state index in [1.165, 1.54) is 22.2 Å². The van der Waals surface area contributed by atoms with Crippen LogP contribution in [0.4, 0.5) is 11.4 Å². The molecule has 2 N–H and O–H groups in total. The van der Waals surface area contributed by atoms with E-state index >= 15 is 0 Å². The van der Waals surface area contributed by atoms with Crippen molar-refractivity contribution in [3.8, 4) is 5.75 Å². The molecule has 2 aliphatic rings. The smallest absolute Gasteiger partial charge is 0.259 e. The van der Waals surface area contributed by atoms with Gasteiger partial charge in [-0.25, -0.2) is 9.89 Å². The minimum absolute atomic E-state index is 0.112. The minimum Gasteiger partial charge on any atom is -0.496 e. The van der Waals surface area contributed by atoms with Gasteiger partial charge in [0, 0.05) is 23.4 Å². The third kappa shape index (κ3) is 6.23. The number of thioether (sulfide) groups is 1. The maximum atomic E-state index is 13.7. The van der Waals surface area contributed by atoms with Crippen LogP contribution in [-0.2, 0) is 27.3 Å². The van der Waals surface area contributed by atoms with Crippen LogP contribution in [0.2, 0.25) is 0 Å². The van der Waals surface area contributed by atoms with E-state index in [0.717, 1.165) is 12.0 Å². The molecule has 2 heterocycles. The third-order valence-corrected chi connectivity index (χ3v) is 8.45. The van der Waals surface area contributed by atoms with E-state index in [1.54, 1.807) is 7.11 Å². The highest BCUT2D eigenvalue weighted by molar-refractivity contribution is 8.15. The monoisotopic (exact) mass is 583 g/mol. The lowest BCUT2D eigenvalue weighted by Gasteiger charge is -2.27. The number of para-hydroxylation sites is 2. The van der Waals surface area contributed by atoms with Crippen LogP contribution in [0.1, 0.15) is 43.4 Å². The van der Waals surface area contributed by atoms with Gasteiger partial charge in [0.1, 0.15) is 17.6 Å². The first-order valence-corrected chi connectivity index (χ1v) is 14.8. The Kier molecular flexibility index (Phi) is 9.02. The molecule has 42 heavy (non-hydrogen) atoms. The van der Waals surface area contributed by atoms with Crippen molar-refractivity contribution in [3.05, 3.63) is 89.5 Å². The lowest BCUT2D eigenvalue weighted by Crippen LogP contribution is -2.43. The Morgan fingerprint density at radius 1 is 1.02 bits per heavy atom. The van der Waals surface area contributed by atoms with Gasteiger partial charge >= 0.3 is 0 Å². The molecule has 3 aromatic carbocycles. The van der Waals surface area contributed by atoms with Gasteiger partial charge in [-0.15, -0.1) is 0 Å². The largest absolute Gasteiger partial charge is 0.496 e. The molecule has 5 rings (SSSR count). The van der Waals surface area contributed by atoms with Crippen LogP contribution in [0.3, 0.4) is 0 Å². The van der Waals surface area contributed by atoms with Crippen molar-refractivity contribution < 1.29 is 19.1 Å². The van der Waals surface area contributed by atoms with Gasteiger partial charge in [-0.1, -0.05) is 68.1 Å². The second kappa shape index (κ2) is 13.0. The molecule has 0 aromatic heterocycles. The standard InChI is InChI=1S/C32H33N5O4S/c1-4-20-14-16-22(17-15-20)34-30(39)27(5-2)42-32-36-24-12-8-7-11-23(24)29-35-25(31(40)37(29)32)18-28(38)33-19-21-10-6-9-13-26(21)41-3/h6-17,25,27H,4-5,18-19H2,1-3H3,(H,33,38)(H,34,39)/t25-,27+/m0/s1. The quantitative estimate of drug-likeness (QED) is 0.346. The summed E-state index contributed by atoms with van der Waals surface area (Å²) in [5.41, 5.74) is 4.10. The summed E-state index contributed by atoms with van der Waals surface area (Å²) in [5, 5.41) is 5.73. The van der Waals surface area contributed by atoms with E-state index < -0.39 is 11.3 Å². The fourth-order valence-electron chi connectivity index (χ4n) is 4.80. The van der Waals surface area contributed by atoms with E-state index in [2.05, 4.69) is 22.5 Å². The normalized spacial score (nSPS) is 16.1. The molecule has 2 atom stereocenters. The van der Waals surface area contributed by atoms with E-state index in [0.29, 0.717) is 40.1 Å². The topological polar surface area (TPSA) is 112 Å². The molecule has 3 amide bonds. The first-order chi connectivity index (χ1) is 20.4. The first-order valence-electron chi connectivity index (χ1n) is 14.0. The van der Waals surface area contributed by atoms with Crippen LogP contribution in [0.25, 0.3) is 0 Å². The number of fused-ring (bicyclic) bond motifs is 3. The fourth-order valence-corrected chi connectivity index (χ4v) is 5.82. The second-order valence-corrected chi connectivity index (χ2v) is 11.1. The number of aliphatic imine (C=N–C) groups is 2. The average Bonchev–Trinajstić information content (AvgIpc) is 3.34. The number of rotatable bonds is 10. The fraction of sp³-hybridized carbons (Fsp3) is 0.281. The zero-order valence-corrected chi connectivity index (χ0v) is 24.6. The Balaban J connectivity index is 1.32. The van der Waals surface area contributed by atoms with Crippen molar-refractivity contribution in [2.75, 3.05) is 12.4 Å². The lowest BCUT2D eigenvalue weighted by molar-refractivity contribution is -0.128. The predicted octanol–water partition coefficient (Wildman–Crippen LogP) is 5.07. The summed E-state index contributed by atoms with van der Waals surface area (Å²) in [6, 6.07) is 21.7. The number of aryl methyl sites for hydroxylation is 1. The Morgan fingerprint density at radius 2 is 1.76 bits per heavy atom. The molecule has 0 spiro atoms. The number of amidine groups is 2. The predicted molar refractivity (Wildman–Crippen MR) is 166 cm³/mol. The number of nitrogens with one attached hydrogen (secondary N) is 2. The number of amides is 3. The summed E-state index contributed by atoms with van der Waals surface area (Å²) in [6.07, 6.45) is 1.33. The van der Waals surface area contributed by atoms with Crippen LogP contribution in [-0.4, -0.2) is 52.0 Å². The first kappa shape index (κ1) is 29.1. The Labute approximate surface area is 249 Å². The van der Waals surface area contributed by atoms with E-state index in [1.807, 2.05) is 79.7 Å². The molecule has 3 aromatic rings. The highest BCUT2D eigenvalue weighted by atomic mass is 32.2. The van der Waals surface area contributed by atoms with Gasteiger partial charge in [0.05, 0.1) is 24.5 Å². The highest BCUT2D eigenvalue weighted by Gasteiger charge is 2.43. The number of carbonyl (C=O) groups is 3. The third-order valence-electron chi connectivity index (χ3n) is 7.14. The van der Waals surface area contributed by atoms with Crippen molar-refractivity contribution >= 4 is 51.9 Å². The summed E-state index contributed by atoms with van der Waals surface area (Å²) in [6.45, 7) is 4.27. The average molecular weight is 584 g/mol. The van der Waals surface area contributed by atoms with Crippen molar-refractivity contribution in [2.24, 2.45) is 9.98 Å².